The molecule has 0 spiro atoms. The van der Waals surface area contributed by atoms with Crippen molar-refractivity contribution in [2.45, 2.75) is 13.3 Å². The van der Waals surface area contributed by atoms with Crippen molar-refractivity contribution in [3.8, 4) is 17.6 Å². The number of hydrogen-bond donors (Lipinski definition) is 0. The Morgan fingerprint density at radius 2 is 2.00 bits per heavy atom. The van der Waals surface area contributed by atoms with Crippen LogP contribution in [-0.2, 0) is 9.53 Å². The molecular weight excluding hydrogens is 309 g/mol. The average molecular weight is 325 g/mol. The normalized spacial score (nSPS) is 10.8. The monoisotopic (exact) mass is 325 g/mol. The Morgan fingerprint density at radius 3 is 2.67 bits per heavy atom. The Hall–Kier alpha value is -3.13. The topological polar surface area (TPSA) is 59.3 Å². The number of carbonyl (C=O) groups excluding carboxylic acids is 1. The molecule has 0 radical (unpaired) electrons. The number of nitrogens with zero attached hydrogens (tertiary/aromatic N) is 1. The van der Waals surface area contributed by atoms with Crippen LogP contribution < -0.4 is 4.74 Å². The summed E-state index contributed by atoms with van der Waals surface area (Å²) >= 11 is 0. The Morgan fingerprint density at radius 1 is 1.25 bits per heavy atom. The van der Waals surface area contributed by atoms with Crippen LogP contribution in [-0.4, -0.2) is 12.6 Å². The fourth-order valence-electron chi connectivity index (χ4n) is 1.88. The first-order valence-electron chi connectivity index (χ1n) is 7.45. The van der Waals surface area contributed by atoms with Gasteiger partial charge in [0, 0.05) is 0 Å². The van der Waals surface area contributed by atoms with E-state index in [4.69, 9.17) is 14.7 Å². The van der Waals surface area contributed by atoms with Gasteiger partial charge in [0.05, 0.1) is 6.61 Å². The summed E-state index contributed by atoms with van der Waals surface area (Å²) in [7, 11) is 0. The van der Waals surface area contributed by atoms with Crippen LogP contribution in [0.3, 0.4) is 0 Å². The molecule has 2 aromatic carbocycles. The molecular formula is C19H16FNO3. The zero-order chi connectivity index (χ0) is 17.4. The molecule has 122 valence electrons. The van der Waals surface area contributed by atoms with Crippen LogP contribution in [0.5, 0.6) is 11.5 Å². The van der Waals surface area contributed by atoms with Gasteiger partial charge >= 0.3 is 5.97 Å². The molecule has 2 rings (SSSR count). The first-order chi connectivity index (χ1) is 11.6. The number of esters is 1. The maximum atomic E-state index is 13.9. The summed E-state index contributed by atoms with van der Waals surface area (Å²) in [5.74, 6) is -0.744. The first-order valence-corrected chi connectivity index (χ1v) is 7.45. The molecule has 0 bridgehead atoms. The fourth-order valence-corrected chi connectivity index (χ4v) is 1.88. The van der Waals surface area contributed by atoms with Crippen LogP contribution in [0, 0.1) is 17.1 Å². The van der Waals surface area contributed by atoms with E-state index in [2.05, 4.69) is 0 Å². The Labute approximate surface area is 139 Å². The number of benzene rings is 2. The van der Waals surface area contributed by atoms with Gasteiger partial charge in [-0.3, -0.25) is 0 Å². The summed E-state index contributed by atoms with van der Waals surface area (Å²) in [6.45, 7) is 2.10. The van der Waals surface area contributed by atoms with Crippen LogP contribution in [0.2, 0.25) is 0 Å². The van der Waals surface area contributed by atoms with Gasteiger partial charge < -0.3 is 9.47 Å². The van der Waals surface area contributed by atoms with E-state index >= 15 is 0 Å². The lowest BCUT2D eigenvalue weighted by Crippen LogP contribution is -2.07. The van der Waals surface area contributed by atoms with E-state index in [9.17, 15) is 9.18 Å². The van der Waals surface area contributed by atoms with Gasteiger partial charge in [0.2, 0.25) is 0 Å². The summed E-state index contributed by atoms with van der Waals surface area (Å²) in [6, 6.07) is 14.7. The second kappa shape index (κ2) is 8.49. The van der Waals surface area contributed by atoms with Crippen molar-refractivity contribution in [1.29, 1.82) is 5.26 Å². The highest BCUT2D eigenvalue weighted by atomic mass is 19.1. The predicted molar refractivity (Wildman–Crippen MR) is 87.8 cm³/mol. The van der Waals surface area contributed by atoms with E-state index in [1.807, 2.05) is 13.0 Å². The smallest absolute Gasteiger partial charge is 0.348 e. The number of para-hydroxylation sites is 1. The van der Waals surface area contributed by atoms with Crippen LogP contribution >= 0.6 is 0 Å². The van der Waals surface area contributed by atoms with E-state index < -0.39 is 11.8 Å². The minimum absolute atomic E-state index is 0.00849. The van der Waals surface area contributed by atoms with Crippen molar-refractivity contribution in [3.63, 3.8) is 0 Å². The molecule has 0 saturated carbocycles. The quantitative estimate of drug-likeness (QED) is 0.446. The molecule has 0 aromatic heterocycles. The molecule has 0 aliphatic rings. The Kier molecular flexibility index (Phi) is 6.09. The van der Waals surface area contributed by atoms with Crippen LogP contribution in [0.1, 0.15) is 18.9 Å². The maximum Gasteiger partial charge on any atom is 0.348 e. The lowest BCUT2D eigenvalue weighted by Gasteiger charge is -2.08. The standard InChI is InChI=1S/C19H16FNO3/c1-2-10-23-19(22)15(13-21)11-14-8-9-17(20)18(12-14)24-16-6-4-3-5-7-16/h3-9,11-12H,2,10H2,1H3/b15-11+. The van der Waals surface area contributed by atoms with Crippen LogP contribution in [0.25, 0.3) is 6.08 Å². The molecule has 0 saturated heterocycles. The summed E-state index contributed by atoms with van der Waals surface area (Å²) in [5, 5.41) is 9.09. The molecule has 0 fully saturated rings. The molecule has 0 unspecified atom stereocenters. The van der Waals surface area contributed by atoms with Crippen molar-refractivity contribution in [1.82, 2.24) is 0 Å². The second-order valence-corrected chi connectivity index (χ2v) is 4.91. The Balaban J connectivity index is 2.25. The largest absolute Gasteiger partial charge is 0.462 e. The number of rotatable bonds is 6. The maximum absolute atomic E-state index is 13.9. The SMILES string of the molecule is CCCOC(=O)/C(C#N)=C/c1ccc(F)c(Oc2ccccc2)c1. The third kappa shape index (κ3) is 4.68. The van der Waals surface area contributed by atoms with E-state index in [1.165, 1.54) is 24.3 Å². The zero-order valence-electron chi connectivity index (χ0n) is 13.2. The first kappa shape index (κ1) is 17.2. The molecule has 4 nitrogen and oxygen atoms in total. The highest BCUT2D eigenvalue weighted by Gasteiger charge is 2.12. The van der Waals surface area contributed by atoms with Crippen molar-refractivity contribution in [2.24, 2.45) is 0 Å². The Bertz CT molecular complexity index is 779. The second-order valence-electron chi connectivity index (χ2n) is 4.91. The van der Waals surface area contributed by atoms with Gasteiger partial charge in [-0.15, -0.1) is 0 Å². The predicted octanol–water partition coefficient (Wildman–Crippen LogP) is 4.48. The van der Waals surface area contributed by atoms with Gasteiger partial charge in [0.25, 0.3) is 0 Å². The van der Waals surface area contributed by atoms with E-state index in [1.54, 1.807) is 30.3 Å². The zero-order valence-corrected chi connectivity index (χ0v) is 13.2. The van der Waals surface area contributed by atoms with Crippen LogP contribution in [0.15, 0.2) is 54.1 Å². The average Bonchev–Trinajstić information content (AvgIpc) is 2.61. The number of nitriles is 1. The molecule has 0 amide bonds. The summed E-state index contributed by atoms with van der Waals surface area (Å²) < 4.78 is 24.3. The molecule has 0 aliphatic heterocycles. The minimum Gasteiger partial charge on any atom is -0.462 e. The molecule has 0 aliphatic carbocycles. The van der Waals surface area contributed by atoms with Gasteiger partial charge in [-0.25, -0.2) is 9.18 Å². The lowest BCUT2D eigenvalue weighted by molar-refractivity contribution is -0.138. The summed E-state index contributed by atoms with van der Waals surface area (Å²) in [5.41, 5.74) is 0.313. The van der Waals surface area contributed by atoms with Crippen molar-refractivity contribution in [2.75, 3.05) is 6.61 Å². The molecule has 0 heterocycles. The number of halogens is 1. The third-order valence-corrected chi connectivity index (χ3v) is 3.01. The molecule has 24 heavy (non-hydrogen) atoms. The van der Waals surface area contributed by atoms with Gasteiger partial charge in [0.1, 0.15) is 17.4 Å². The number of ether oxygens (including phenoxy) is 2. The van der Waals surface area contributed by atoms with Gasteiger partial charge in [-0.1, -0.05) is 31.2 Å². The third-order valence-electron chi connectivity index (χ3n) is 3.01. The molecule has 0 N–H and O–H groups in total. The van der Waals surface area contributed by atoms with Gasteiger partial charge in [-0.05, 0) is 42.3 Å². The van der Waals surface area contributed by atoms with E-state index in [0.29, 0.717) is 17.7 Å². The van der Waals surface area contributed by atoms with Crippen LogP contribution in [0.4, 0.5) is 4.39 Å². The van der Waals surface area contributed by atoms with Crippen molar-refractivity contribution in [3.05, 3.63) is 65.5 Å². The summed E-state index contributed by atoms with van der Waals surface area (Å²) in [4.78, 5) is 11.8. The van der Waals surface area contributed by atoms with Gasteiger partial charge in [0.15, 0.2) is 11.6 Å². The van der Waals surface area contributed by atoms with Gasteiger partial charge in [-0.2, -0.15) is 5.26 Å². The number of carbonyl (C=O) groups is 1. The number of hydrogen-bond acceptors (Lipinski definition) is 4. The van der Waals surface area contributed by atoms with Crippen molar-refractivity contribution >= 4 is 12.0 Å². The lowest BCUT2D eigenvalue weighted by atomic mass is 10.1. The molecule has 5 heteroatoms. The van der Waals surface area contributed by atoms with Crippen molar-refractivity contribution < 1.29 is 18.7 Å². The molecule has 0 atom stereocenters. The highest BCUT2D eigenvalue weighted by molar-refractivity contribution is 5.97. The van der Waals surface area contributed by atoms with E-state index in [-0.39, 0.29) is 17.9 Å². The summed E-state index contributed by atoms with van der Waals surface area (Å²) in [6.07, 6.45) is 2.01. The molecule has 2 aromatic rings. The highest BCUT2D eigenvalue weighted by Crippen LogP contribution is 2.26. The fraction of sp³-hybridized carbons (Fsp3) is 0.158. The minimum atomic E-state index is -0.700. The van der Waals surface area contributed by atoms with E-state index in [0.717, 1.165) is 0 Å².